The first-order chi connectivity index (χ1) is 7.95. The van der Waals surface area contributed by atoms with E-state index in [9.17, 15) is 15.0 Å². The molecule has 0 fully saturated rings. The second kappa shape index (κ2) is 5.30. The molecule has 1 aromatic rings. The Labute approximate surface area is 98.1 Å². The Morgan fingerprint density at radius 2 is 2.12 bits per heavy atom. The molecular weight excluding hydrogens is 222 g/mol. The van der Waals surface area contributed by atoms with Gasteiger partial charge in [-0.1, -0.05) is 6.07 Å². The summed E-state index contributed by atoms with van der Waals surface area (Å²) in [5.41, 5.74) is 11.2. The lowest BCUT2D eigenvalue weighted by Crippen LogP contribution is -2.25. The number of primary amides is 1. The Balaban J connectivity index is 2.93. The van der Waals surface area contributed by atoms with Crippen molar-refractivity contribution in [3.05, 3.63) is 29.3 Å². The number of carbonyl (C=O) groups excluding carboxylic acids is 1. The number of anilines is 1. The minimum absolute atomic E-state index is 0.202. The van der Waals surface area contributed by atoms with E-state index >= 15 is 0 Å². The SMILES string of the molecule is N#Cc1cc(C(O)C(O)CC(N)=O)ccc1N. The van der Waals surface area contributed by atoms with Gasteiger partial charge in [0.25, 0.3) is 0 Å². The molecule has 1 rings (SSSR count). The van der Waals surface area contributed by atoms with Crippen LogP contribution in [-0.2, 0) is 4.79 Å². The Morgan fingerprint density at radius 1 is 1.47 bits per heavy atom. The number of nitrogen functional groups attached to an aromatic ring is 1. The summed E-state index contributed by atoms with van der Waals surface area (Å²) in [5, 5.41) is 28.0. The average molecular weight is 235 g/mol. The highest BCUT2D eigenvalue weighted by Gasteiger charge is 2.20. The van der Waals surface area contributed by atoms with E-state index in [2.05, 4.69) is 0 Å². The van der Waals surface area contributed by atoms with Crippen molar-refractivity contribution < 1.29 is 15.0 Å². The number of nitrogens with two attached hydrogens (primary N) is 2. The van der Waals surface area contributed by atoms with Crippen LogP contribution in [0, 0.1) is 11.3 Å². The molecule has 0 aliphatic carbocycles. The highest BCUT2D eigenvalue weighted by atomic mass is 16.3. The summed E-state index contributed by atoms with van der Waals surface area (Å²) in [6.45, 7) is 0. The van der Waals surface area contributed by atoms with Crippen molar-refractivity contribution in [2.75, 3.05) is 5.73 Å². The summed E-state index contributed by atoms with van der Waals surface area (Å²) >= 11 is 0. The molecule has 0 radical (unpaired) electrons. The van der Waals surface area contributed by atoms with E-state index in [1.165, 1.54) is 18.2 Å². The van der Waals surface area contributed by atoms with E-state index in [1.807, 2.05) is 6.07 Å². The molecule has 6 N–H and O–H groups in total. The smallest absolute Gasteiger partial charge is 0.220 e. The molecular formula is C11H13N3O3. The minimum Gasteiger partial charge on any atom is -0.398 e. The number of aliphatic hydroxyl groups is 2. The van der Waals surface area contributed by atoms with Crippen LogP contribution >= 0.6 is 0 Å². The Morgan fingerprint density at radius 3 is 2.65 bits per heavy atom. The van der Waals surface area contributed by atoms with Crippen molar-refractivity contribution in [3.8, 4) is 6.07 Å². The number of benzene rings is 1. The Kier molecular flexibility index (Phi) is 4.04. The summed E-state index contributed by atoms with van der Waals surface area (Å²) in [5.74, 6) is -0.715. The number of rotatable bonds is 4. The number of nitriles is 1. The van der Waals surface area contributed by atoms with Gasteiger partial charge < -0.3 is 21.7 Å². The van der Waals surface area contributed by atoms with Gasteiger partial charge in [-0.05, 0) is 17.7 Å². The molecule has 6 heteroatoms. The zero-order valence-electron chi connectivity index (χ0n) is 9.00. The summed E-state index contributed by atoms with van der Waals surface area (Å²) in [6, 6.07) is 6.16. The lowest BCUT2D eigenvalue weighted by atomic mass is 9.99. The molecule has 0 aliphatic heterocycles. The van der Waals surface area contributed by atoms with E-state index in [0.717, 1.165) is 0 Å². The van der Waals surface area contributed by atoms with Gasteiger partial charge >= 0.3 is 0 Å². The van der Waals surface area contributed by atoms with Gasteiger partial charge in [0.05, 0.1) is 18.1 Å². The predicted octanol–water partition coefficient (Wildman–Crippen LogP) is -0.590. The number of hydrogen-bond donors (Lipinski definition) is 4. The van der Waals surface area contributed by atoms with Gasteiger partial charge in [0.15, 0.2) is 0 Å². The molecule has 1 amide bonds. The Hall–Kier alpha value is -2.10. The van der Waals surface area contributed by atoms with Crippen molar-refractivity contribution in [3.63, 3.8) is 0 Å². The van der Waals surface area contributed by atoms with Gasteiger partial charge in [-0.15, -0.1) is 0 Å². The van der Waals surface area contributed by atoms with Crippen LogP contribution in [0.4, 0.5) is 5.69 Å². The van der Waals surface area contributed by atoms with Gasteiger partial charge in [-0.2, -0.15) is 5.26 Å². The van der Waals surface area contributed by atoms with Gasteiger partial charge in [-0.25, -0.2) is 0 Å². The lowest BCUT2D eigenvalue weighted by molar-refractivity contribution is -0.121. The van der Waals surface area contributed by atoms with Crippen LogP contribution in [0.3, 0.4) is 0 Å². The summed E-state index contributed by atoms with van der Waals surface area (Å²) in [4.78, 5) is 10.6. The van der Waals surface area contributed by atoms with Crippen LogP contribution in [-0.4, -0.2) is 22.2 Å². The van der Waals surface area contributed by atoms with Crippen LogP contribution < -0.4 is 11.5 Å². The fraction of sp³-hybridized carbons (Fsp3) is 0.273. The highest BCUT2D eigenvalue weighted by Crippen LogP contribution is 2.22. The van der Waals surface area contributed by atoms with Crippen LogP contribution in [0.1, 0.15) is 23.7 Å². The van der Waals surface area contributed by atoms with Crippen LogP contribution in [0.2, 0.25) is 0 Å². The molecule has 0 spiro atoms. The first-order valence-corrected chi connectivity index (χ1v) is 4.89. The van der Waals surface area contributed by atoms with Crippen molar-refractivity contribution in [2.45, 2.75) is 18.6 Å². The summed E-state index contributed by atoms with van der Waals surface area (Å²) < 4.78 is 0. The molecule has 2 atom stereocenters. The number of carbonyl (C=O) groups is 1. The second-order valence-electron chi connectivity index (χ2n) is 3.64. The molecule has 90 valence electrons. The molecule has 2 unspecified atom stereocenters. The molecule has 17 heavy (non-hydrogen) atoms. The first-order valence-electron chi connectivity index (χ1n) is 4.89. The summed E-state index contributed by atoms with van der Waals surface area (Å²) in [7, 11) is 0. The summed E-state index contributed by atoms with van der Waals surface area (Å²) in [6.07, 6.45) is -2.94. The monoisotopic (exact) mass is 235 g/mol. The average Bonchev–Trinajstić information content (AvgIpc) is 2.27. The second-order valence-corrected chi connectivity index (χ2v) is 3.64. The Bertz CT molecular complexity index is 468. The van der Waals surface area contributed by atoms with Gasteiger partial charge in [0.1, 0.15) is 12.2 Å². The van der Waals surface area contributed by atoms with Crippen LogP contribution in [0.25, 0.3) is 0 Å². The number of nitrogens with zero attached hydrogens (tertiary/aromatic N) is 1. The van der Waals surface area contributed by atoms with Crippen molar-refractivity contribution in [1.29, 1.82) is 5.26 Å². The van der Waals surface area contributed by atoms with Crippen LogP contribution in [0.15, 0.2) is 18.2 Å². The predicted molar refractivity (Wildman–Crippen MR) is 60.3 cm³/mol. The van der Waals surface area contributed by atoms with Crippen molar-refractivity contribution in [2.24, 2.45) is 5.73 Å². The highest BCUT2D eigenvalue weighted by molar-refractivity contribution is 5.74. The normalized spacial score (nSPS) is 13.7. The van der Waals surface area contributed by atoms with E-state index < -0.39 is 18.1 Å². The topological polar surface area (TPSA) is 133 Å². The molecule has 6 nitrogen and oxygen atoms in total. The van der Waals surface area contributed by atoms with E-state index in [4.69, 9.17) is 16.7 Å². The van der Waals surface area contributed by atoms with E-state index in [0.29, 0.717) is 5.56 Å². The molecule has 1 aromatic carbocycles. The lowest BCUT2D eigenvalue weighted by Gasteiger charge is -2.17. The molecule has 0 aromatic heterocycles. The molecule has 0 saturated carbocycles. The minimum atomic E-state index is -1.30. The van der Waals surface area contributed by atoms with Crippen LogP contribution in [0.5, 0.6) is 0 Å². The number of amides is 1. The third-order valence-electron chi connectivity index (χ3n) is 2.31. The molecule has 0 bridgehead atoms. The largest absolute Gasteiger partial charge is 0.398 e. The number of aliphatic hydroxyl groups excluding tert-OH is 2. The fourth-order valence-corrected chi connectivity index (χ4v) is 1.39. The molecule has 0 saturated heterocycles. The zero-order chi connectivity index (χ0) is 13.0. The zero-order valence-corrected chi connectivity index (χ0v) is 9.00. The maximum Gasteiger partial charge on any atom is 0.220 e. The van der Waals surface area contributed by atoms with E-state index in [1.54, 1.807) is 0 Å². The standard InChI is InChI=1S/C11H13N3O3/c12-5-7-3-6(1-2-8(7)13)11(17)9(15)4-10(14)16/h1-3,9,11,15,17H,4,13H2,(H2,14,16). The van der Waals surface area contributed by atoms with E-state index in [-0.39, 0.29) is 17.7 Å². The van der Waals surface area contributed by atoms with Crippen molar-refractivity contribution in [1.82, 2.24) is 0 Å². The van der Waals surface area contributed by atoms with Gasteiger partial charge in [0.2, 0.25) is 5.91 Å². The van der Waals surface area contributed by atoms with Gasteiger partial charge in [-0.3, -0.25) is 4.79 Å². The van der Waals surface area contributed by atoms with Gasteiger partial charge in [0, 0.05) is 5.69 Å². The third kappa shape index (κ3) is 3.17. The van der Waals surface area contributed by atoms with Crippen molar-refractivity contribution >= 4 is 11.6 Å². The number of hydrogen-bond acceptors (Lipinski definition) is 5. The molecule has 0 heterocycles. The fourth-order valence-electron chi connectivity index (χ4n) is 1.39. The first kappa shape index (κ1) is 13.0. The maximum absolute atomic E-state index is 10.6. The maximum atomic E-state index is 10.6. The third-order valence-corrected chi connectivity index (χ3v) is 2.31. The molecule has 0 aliphatic rings. The quantitative estimate of drug-likeness (QED) is 0.517.